The number of hydrogen-bond donors (Lipinski definition) is 2. The number of rotatable bonds is 7. The number of ether oxygens (including phenoxy) is 2. The van der Waals surface area contributed by atoms with Crippen molar-refractivity contribution in [3.05, 3.63) is 82.8 Å². The summed E-state index contributed by atoms with van der Waals surface area (Å²) in [7, 11) is 3.03. The summed E-state index contributed by atoms with van der Waals surface area (Å²) in [6, 6.07) is 14.2. The average Bonchev–Trinajstić information content (AvgIpc) is 3.43. The molecule has 0 spiro atoms. The number of methoxy groups -OCH3 is 2. The minimum atomic E-state index is -1.07. The van der Waals surface area contributed by atoms with Gasteiger partial charge in [0.2, 0.25) is 0 Å². The van der Waals surface area contributed by atoms with Gasteiger partial charge in [-0.3, -0.25) is 4.79 Å². The second kappa shape index (κ2) is 9.01. The summed E-state index contributed by atoms with van der Waals surface area (Å²) < 4.78 is 16.2. The highest BCUT2D eigenvalue weighted by Gasteiger charge is 2.33. The lowest BCUT2D eigenvalue weighted by Crippen LogP contribution is -2.21. The van der Waals surface area contributed by atoms with Gasteiger partial charge in [-0.1, -0.05) is 0 Å². The van der Waals surface area contributed by atoms with Crippen LogP contribution >= 0.6 is 0 Å². The molecule has 0 atom stereocenters. The van der Waals surface area contributed by atoms with Crippen molar-refractivity contribution in [3.8, 4) is 11.5 Å². The van der Waals surface area contributed by atoms with Crippen LogP contribution in [0, 0.1) is 0 Å². The second-order valence-electron chi connectivity index (χ2n) is 7.01. The lowest BCUT2D eigenvalue weighted by molar-refractivity contribution is -0.114. The van der Waals surface area contributed by atoms with E-state index in [-0.39, 0.29) is 17.7 Å². The smallest absolute Gasteiger partial charge is 0.335 e. The first kappa shape index (κ1) is 21.8. The molecule has 33 heavy (non-hydrogen) atoms. The van der Waals surface area contributed by atoms with Gasteiger partial charge in [0.25, 0.3) is 5.91 Å². The number of aromatic carboxylic acids is 1. The lowest BCUT2D eigenvalue weighted by Gasteiger charge is -2.11. The Balaban J connectivity index is 1.81. The van der Waals surface area contributed by atoms with Crippen LogP contribution in [0.15, 0.2) is 69.7 Å². The standard InChI is InChI=1S/C24H20N2O7/c1-31-20-10-5-15(11-21(20)32-2)22-19(12-17-8-9-18(13-27)33-17)23(28)26(25-22)16-6-3-14(4-7-16)24(29)30/h3-12,27H,13H2,1-2H3,(H,29,30)/b19-12-. The van der Waals surface area contributed by atoms with Crippen molar-refractivity contribution in [2.75, 3.05) is 19.2 Å². The summed E-state index contributed by atoms with van der Waals surface area (Å²) in [5.41, 5.74) is 1.72. The van der Waals surface area contributed by atoms with Gasteiger partial charge in [0.15, 0.2) is 11.5 Å². The average molecular weight is 448 g/mol. The minimum Gasteiger partial charge on any atom is -0.493 e. The van der Waals surface area contributed by atoms with E-state index >= 15 is 0 Å². The van der Waals surface area contributed by atoms with Gasteiger partial charge in [0.1, 0.15) is 23.8 Å². The molecule has 1 amide bonds. The Labute approximate surface area is 188 Å². The number of nitrogens with zero attached hydrogens (tertiary/aromatic N) is 2. The van der Waals surface area contributed by atoms with Crippen LogP contribution in [0.1, 0.15) is 27.4 Å². The van der Waals surface area contributed by atoms with E-state index in [0.29, 0.717) is 40.0 Å². The maximum Gasteiger partial charge on any atom is 0.335 e. The molecule has 9 nitrogen and oxygen atoms in total. The topological polar surface area (TPSA) is 122 Å². The summed E-state index contributed by atoms with van der Waals surface area (Å²) in [5.74, 6) is 0.231. The largest absolute Gasteiger partial charge is 0.493 e. The number of anilines is 1. The molecule has 0 bridgehead atoms. The van der Waals surface area contributed by atoms with E-state index in [1.54, 1.807) is 36.4 Å². The quantitative estimate of drug-likeness (QED) is 0.532. The third-order valence-electron chi connectivity index (χ3n) is 5.02. The van der Waals surface area contributed by atoms with Crippen molar-refractivity contribution in [2.45, 2.75) is 6.61 Å². The highest BCUT2D eigenvalue weighted by Crippen LogP contribution is 2.33. The molecule has 0 fully saturated rings. The number of hydrogen-bond acceptors (Lipinski definition) is 7. The van der Waals surface area contributed by atoms with Crippen LogP contribution in [0.25, 0.3) is 6.08 Å². The number of carbonyl (C=O) groups excluding carboxylic acids is 1. The molecule has 2 aromatic carbocycles. The van der Waals surface area contributed by atoms with E-state index in [4.69, 9.17) is 19.0 Å². The number of hydrazone groups is 1. The molecule has 1 aromatic heterocycles. The normalized spacial score (nSPS) is 14.5. The SMILES string of the molecule is COc1ccc(C2=NN(c3ccc(C(=O)O)cc3)C(=O)/C2=C\c2ccc(CO)o2)cc1OC. The van der Waals surface area contributed by atoms with Gasteiger partial charge in [-0.2, -0.15) is 10.1 Å². The zero-order chi connectivity index (χ0) is 23.5. The number of aliphatic hydroxyl groups excluding tert-OH is 1. The van der Waals surface area contributed by atoms with E-state index < -0.39 is 11.9 Å². The zero-order valence-electron chi connectivity index (χ0n) is 17.8. The van der Waals surface area contributed by atoms with E-state index in [9.17, 15) is 14.7 Å². The van der Waals surface area contributed by atoms with Crippen molar-refractivity contribution in [3.63, 3.8) is 0 Å². The number of furan rings is 1. The summed E-state index contributed by atoms with van der Waals surface area (Å²) in [5, 5.41) is 24.1. The highest BCUT2D eigenvalue weighted by molar-refractivity contribution is 6.37. The van der Waals surface area contributed by atoms with E-state index in [1.807, 2.05) is 0 Å². The molecule has 168 valence electrons. The number of carbonyl (C=O) groups is 2. The predicted molar refractivity (Wildman–Crippen MR) is 120 cm³/mol. The number of aliphatic hydroxyl groups is 1. The third-order valence-corrected chi connectivity index (χ3v) is 5.02. The Hall–Kier alpha value is -4.37. The minimum absolute atomic E-state index is 0.0948. The molecular weight excluding hydrogens is 428 g/mol. The van der Waals surface area contributed by atoms with Crippen LogP contribution in [0.5, 0.6) is 11.5 Å². The van der Waals surface area contributed by atoms with E-state index in [2.05, 4.69) is 5.10 Å². The molecule has 0 aliphatic carbocycles. The van der Waals surface area contributed by atoms with Crippen molar-refractivity contribution in [1.29, 1.82) is 0 Å². The molecule has 2 N–H and O–H groups in total. The molecular formula is C24H20N2O7. The highest BCUT2D eigenvalue weighted by atomic mass is 16.5. The van der Waals surface area contributed by atoms with Gasteiger partial charge in [-0.15, -0.1) is 0 Å². The van der Waals surface area contributed by atoms with Crippen LogP contribution in [-0.2, 0) is 11.4 Å². The van der Waals surface area contributed by atoms with Crippen molar-refractivity contribution in [2.24, 2.45) is 5.10 Å². The number of amides is 1. The van der Waals surface area contributed by atoms with Crippen LogP contribution in [-0.4, -0.2) is 42.0 Å². The maximum absolute atomic E-state index is 13.3. The second-order valence-corrected chi connectivity index (χ2v) is 7.01. The van der Waals surface area contributed by atoms with Gasteiger partial charge in [-0.25, -0.2) is 4.79 Å². The fourth-order valence-corrected chi connectivity index (χ4v) is 3.36. The summed E-state index contributed by atoms with van der Waals surface area (Å²) in [4.78, 5) is 24.5. The lowest BCUT2D eigenvalue weighted by atomic mass is 10.0. The number of carboxylic acid groups (broad SMARTS) is 1. The summed E-state index contributed by atoms with van der Waals surface area (Å²) in [6.07, 6.45) is 1.54. The van der Waals surface area contributed by atoms with Crippen molar-refractivity contribution >= 4 is 29.4 Å². The molecule has 0 saturated heterocycles. The first-order valence-corrected chi connectivity index (χ1v) is 9.85. The molecule has 2 heterocycles. The molecule has 0 unspecified atom stereocenters. The molecule has 9 heteroatoms. The van der Waals surface area contributed by atoms with Gasteiger partial charge < -0.3 is 24.1 Å². The molecule has 0 radical (unpaired) electrons. The molecule has 0 saturated carbocycles. The van der Waals surface area contributed by atoms with Crippen molar-refractivity contribution < 1.29 is 33.7 Å². The Morgan fingerprint density at radius 3 is 2.39 bits per heavy atom. The molecule has 4 rings (SSSR count). The molecule has 1 aliphatic rings. The summed E-state index contributed by atoms with van der Waals surface area (Å²) in [6.45, 7) is -0.268. The predicted octanol–water partition coefficient (Wildman–Crippen LogP) is 3.32. The zero-order valence-corrected chi connectivity index (χ0v) is 17.8. The van der Waals surface area contributed by atoms with Crippen LogP contribution < -0.4 is 14.5 Å². The Bertz CT molecular complexity index is 1270. The molecule has 3 aromatic rings. The first-order valence-electron chi connectivity index (χ1n) is 9.85. The van der Waals surface area contributed by atoms with Gasteiger partial charge >= 0.3 is 5.97 Å². The summed E-state index contributed by atoms with van der Waals surface area (Å²) >= 11 is 0. The van der Waals surface area contributed by atoms with Crippen LogP contribution in [0.4, 0.5) is 5.69 Å². The fraction of sp³-hybridized carbons (Fsp3) is 0.125. The monoisotopic (exact) mass is 448 g/mol. The van der Waals surface area contributed by atoms with Gasteiger partial charge in [0, 0.05) is 5.56 Å². The van der Waals surface area contributed by atoms with E-state index in [0.717, 1.165) is 0 Å². The first-order chi connectivity index (χ1) is 15.9. The fourth-order valence-electron chi connectivity index (χ4n) is 3.36. The van der Waals surface area contributed by atoms with Gasteiger partial charge in [-0.05, 0) is 60.7 Å². The van der Waals surface area contributed by atoms with Gasteiger partial charge in [0.05, 0.1) is 31.0 Å². The Morgan fingerprint density at radius 2 is 1.79 bits per heavy atom. The van der Waals surface area contributed by atoms with Crippen LogP contribution in [0.3, 0.4) is 0 Å². The Kier molecular flexibility index (Phi) is 5.97. The number of carboxylic acids is 1. The number of benzene rings is 2. The third kappa shape index (κ3) is 4.21. The van der Waals surface area contributed by atoms with Crippen LogP contribution in [0.2, 0.25) is 0 Å². The van der Waals surface area contributed by atoms with Crippen molar-refractivity contribution in [1.82, 2.24) is 0 Å². The Morgan fingerprint density at radius 1 is 1.06 bits per heavy atom. The molecule has 1 aliphatic heterocycles. The maximum atomic E-state index is 13.3. The van der Waals surface area contributed by atoms with E-state index in [1.165, 1.54) is 43.5 Å².